The van der Waals surface area contributed by atoms with Crippen molar-refractivity contribution in [2.24, 2.45) is 0 Å². The Morgan fingerprint density at radius 1 is 0.742 bits per heavy atom. The van der Waals surface area contributed by atoms with Crippen LogP contribution in [-0.4, -0.2) is 16.6 Å². The van der Waals surface area contributed by atoms with Gasteiger partial charge in [-0.15, -0.1) is 12.1 Å². The summed E-state index contributed by atoms with van der Waals surface area (Å²) in [6.45, 7) is 1.96. The van der Waals surface area contributed by atoms with Gasteiger partial charge in [0.1, 0.15) is 6.66 Å². The van der Waals surface area contributed by atoms with Gasteiger partial charge in [0.2, 0.25) is 0 Å². The molecule has 0 radical (unpaired) electrons. The number of hydrogen-bond acceptors (Lipinski definition) is 4. The van der Waals surface area contributed by atoms with Gasteiger partial charge >= 0.3 is 35.8 Å². The first-order valence-corrected chi connectivity index (χ1v) is 13.8. The number of para-hydroxylation sites is 2. The van der Waals surface area contributed by atoms with Crippen LogP contribution in [0.2, 0.25) is 0 Å². The number of hydrogen-bond donors (Lipinski definition) is 0. The van der Waals surface area contributed by atoms with E-state index in [9.17, 15) is 0 Å². The number of nitrogens with zero attached hydrogens (tertiary/aromatic N) is 2. The van der Waals surface area contributed by atoms with Crippen LogP contribution in [0.1, 0.15) is 0 Å². The largest absolute Gasteiger partial charge is 0.255 e. The standard InChI is InChI=1S/C13H12O2P.C10H8N2.CH3.ClH.Ir/c1-16(14-12-8-4-2-5-9-12)15-13-10-6-3-7-11-13;1-3-7-11-9(5-1)10-6-2-4-8-12-10;;;/h2-10H,1H3;1-8H;1H3;1H;/q-1;;-1;;+3. The minimum atomic E-state index is -1.33. The summed E-state index contributed by atoms with van der Waals surface area (Å²) in [4.78, 5) is 8.37. The summed E-state index contributed by atoms with van der Waals surface area (Å²) in [5.41, 5.74) is 1.83. The maximum Gasteiger partial charge on any atom is 0.0886 e. The van der Waals surface area contributed by atoms with Crippen molar-refractivity contribution in [2.75, 3.05) is 6.66 Å². The van der Waals surface area contributed by atoms with Crippen LogP contribution in [0.3, 0.4) is 0 Å². The van der Waals surface area contributed by atoms with E-state index in [0.717, 1.165) is 22.9 Å². The molecule has 0 amide bonds. The molecule has 0 aliphatic carbocycles. The van der Waals surface area contributed by atoms with Crippen LogP contribution in [0.15, 0.2) is 103 Å². The van der Waals surface area contributed by atoms with Gasteiger partial charge in [-0.2, -0.15) is 18.2 Å². The number of benzene rings is 2. The van der Waals surface area contributed by atoms with Crippen molar-refractivity contribution in [3.63, 3.8) is 0 Å². The summed E-state index contributed by atoms with van der Waals surface area (Å²) in [5.74, 6) is 1.57. The SMILES string of the molecule is C[PH+](Oc1[c-]cccc1)Oc1ccccc1.[CH3-].[Cl][Ir+2].c1ccc(-c2ccccn2)nc1. The van der Waals surface area contributed by atoms with Crippen LogP contribution in [0.5, 0.6) is 11.5 Å². The van der Waals surface area contributed by atoms with E-state index in [0.29, 0.717) is 0 Å². The summed E-state index contributed by atoms with van der Waals surface area (Å²) in [6, 6.07) is 31.8. The molecular formula is C24H24ClIrN2O2P+. The minimum absolute atomic E-state index is 0. The molecule has 4 aromatic rings. The second kappa shape index (κ2) is 16.4. The van der Waals surface area contributed by atoms with E-state index in [1.807, 2.05) is 97.7 Å². The average molecular weight is 631 g/mol. The Hall–Kier alpha value is -2.29. The van der Waals surface area contributed by atoms with Crippen molar-refractivity contribution in [1.29, 1.82) is 0 Å². The van der Waals surface area contributed by atoms with Gasteiger partial charge in [0.05, 0.1) is 17.1 Å². The van der Waals surface area contributed by atoms with E-state index in [1.54, 1.807) is 12.4 Å². The fourth-order valence-corrected chi connectivity index (χ4v) is 3.25. The maximum atomic E-state index is 5.68. The minimum Gasteiger partial charge on any atom is -0.255 e. The Bertz CT molecular complexity index is 858. The number of pyridine rings is 2. The van der Waals surface area contributed by atoms with Crippen molar-refractivity contribution >= 4 is 18.0 Å². The summed E-state index contributed by atoms with van der Waals surface area (Å²) in [7, 11) is 3.31. The van der Waals surface area contributed by atoms with Crippen LogP contribution in [0.25, 0.3) is 11.4 Å². The molecule has 0 fully saturated rings. The molecule has 4 rings (SSSR count). The molecule has 0 spiro atoms. The molecule has 0 bridgehead atoms. The van der Waals surface area contributed by atoms with E-state index in [1.165, 1.54) is 17.9 Å². The van der Waals surface area contributed by atoms with Gasteiger partial charge in [0.15, 0.2) is 5.75 Å². The van der Waals surface area contributed by atoms with Crippen LogP contribution >= 0.6 is 18.0 Å². The summed E-state index contributed by atoms with van der Waals surface area (Å²) in [5, 5.41) is 0. The molecule has 31 heavy (non-hydrogen) atoms. The van der Waals surface area contributed by atoms with E-state index < -0.39 is 8.38 Å². The normalized spacial score (nSPS) is 10.0. The topological polar surface area (TPSA) is 44.2 Å². The third kappa shape index (κ3) is 10.5. The first kappa shape index (κ1) is 26.7. The van der Waals surface area contributed by atoms with Gasteiger partial charge in [0, 0.05) is 12.4 Å². The molecule has 2 heterocycles. The molecule has 162 valence electrons. The summed E-state index contributed by atoms with van der Waals surface area (Å²) < 4.78 is 11.3. The van der Waals surface area contributed by atoms with Crippen molar-refractivity contribution in [3.05, 3.63) is 117 Å². The predicted molar refractivity (Wildman–Crippen MR) is 127 cm³/mol. The second-order valence-corrected chi connectivity index (χ2v) is 7.06. The molecule has 0 saturated heterocycles. The molecule has 2 aromatic carbocycles. The summed E-state index contributed by atoms with van der Waals surface area (Å²) in [6.07, 6.45) is 3.54. The zero-order valence-electron chi connectivity index (χ0n) is 17.2. The van der Waals surface area contributed by atoms with Crippen molar-refractivity contribution in [1.82, 2.24) is 9.97 Å². The average Bonchev–Trinajstić information content (AvgIpc) is 2.83. The maximum absolute atomic E-state index is 5.68. The first-order valence-electron chi connectivity index (χ1n) is 8.97. The molecular weight excluding hydrogens is 607 g/mol. The molecule has 2 aromatic heterocycles. The predicted octanol–water partition coefficient (Wildman–Crippen LogP) is 6.90. The van der Waals surface area contributed by atoms with Gasteiger partial charge in [-0.05, 0) is 36.4 Å². The Morgan fingerprint density at radius 2 is 1.29 bits per heavy atom. The fraction of sp³-hybridized carbons (Fsp3) is 0.0417. The molecule has 0 N–H and O–H groups in total. The Balaban J connectivity index is 0.000000287. The first-order chi connectivity index (χ1) is 14.8. The molecule has 1 atom stereocenters. The zero-order chi connectivity index (χ0) is 21.4. The summed E-state index contributed by atoms with van der Waals surface area (Å²) >= 11 is 1.47. The monoisotopic (exact) mass is 631 g/mol. The van der Waals surface area contributed by atoms with Crippen LogP contribution < -0.4 is 9.05 Å². The van der Waals surface area contributed by atoms with Crippen LogP contribution in [0.4, 0.5) is 0 Å². The van der Waals surface area contributed by atoms with Gasteiger partial charge in [-0.25, -0.2) is 0 Å². The third-order valence-electron chi connectivity index (χ3n) is 3.53. The van der Waals surface area contributed by atoms with E-state index >= 15 is 0 Å². The van der Waals surface area contributed by atoms with E-state index in [-0.39, 0.29) is 7.43 Å². The molecule has 1 unspecified atom stereocenters. The van der Waals surface area contributed by atoms with Crippen molar-refractivity contribution in [3.8, 4) is 22.9 Å². The van der Waals surface area contributed by atoms with Crippen molar-refractivity contribution < 1.29 is 26.9 Å². The number of rotatable bonds is 5. The molecule has 0 aliphatic rings. The fourth-order valence-electron chi connectivity index (χ4n) is 2.30. The Kier molecular flexibility index (Phi) is 14.2. The van der Waals surface area contributed by atoms with E-state index in [2.05, 4.69) is 25.6 Å². The second-order valence-electron chi connectivity index (χ2n) is 5.67. The van der Waals surface area contributed by atoms with Gasteiger partial charge in [0.25, 0.3) is 0 Å². The smallest absolute Gasteiger partial charge is 0.0886 e. The van der Waals surface area contributed by atoms with Gasteiger partial charge < -0.3 is 16.5 Å². The third-order valence-corrected chi connectivity index (χ3v) is 4.56. The number of halogens is 1. The van der Waals surface area contributed by atoms with Crippen LogP contribution in [0, 0.1) is 13.5 Å². The van der Waals surface area contributed by atoms with E-state index in [4.69, 9.17) is 9.05 Å². The zero-order valence-corrected chi connectivity index (χ0v) is 21.4. The molecule has 4 nitrogen and oxygen atoms in total. The van der Waals surface area contributed by atoms with Crippen molar-refractivity contribution in [2.45, 2.75) is 0 Å². The number of aromatic nitrogens is 2. The quantitative estimate of drug-likeness (QED) is 0.178. The van der Waals surface area contributed by atoms with Gasteiger partial charge in [-0.1, -0.05) is 30.3 Å². The van der Waals surface area contributed by atoms with Gasteiger partial charge in [-0.3, -0.25) is 9.97 Å². The molecule has 0 aliphatic heterocycles. The molecule has 7 heteroatoms. The Labute approximate surface area is 200 Å². The molecule has 0 saturated carbocycles. The Morgan fingerprint density at radius 3 is 1.77 bits per heavy atom. The van der Waals surface area contributed by atoms with Crippen LogP contribution in [-0.2, 0) is 17.9 Å².